The molecule has 2 heteroatoms. The third-order valence-corrected chi connectivity index (χ3v) is 2.56. The molecule has 1 aromatic rings. The number of hydrogen-bond donors (Lipinski definition) is 0. The van der Waals surface area contributed by atoms with Gasteiger partial charge >= 0.3 is 0 Å². The molecule has 1 atom stereocenters. The molecule has 0 unspecified atom stereocenters. The van der Waals surface area contributed by atoms with E-state index in [1.54, 1.807) is 0 Å². The van der Waals surface area contributed by atoms with E-state index >= 15 is 0 Å². The van der Waals surface area contributed by atoms with Crippen LogP contribution in [0.5, 0.6) is 0 Å². The summed E-state index contributed by atoms with van der Waals surface area (Å²) in [6.07, 6.45) is 0. The second kappa shape index (κ2) is 4.43. The molecular formula is C11H12BrN. The van der Waals surface area contributed by atoms with E-state index in [9.17, 15) is 0 Å². The molecule has 0 bridgehead atoms. The summed E-state index contributed by atoms with van der Waals surface area (Å²) in [4.78, 5) is 0. The van der Waals surface area contributed by atoms with Crippen molar-refractivity contribution in [1.82, 2.24) is 0 Å². The van der Waals surface area contributed by atoms with Crippen LogP contribution >= 0.6 is 15.9 Å². The van der Waals surface area contributed by atoms with Crippen LogP contribution in [0.15, 0.2) is 28.7 Å². The van der Waals surface area contributed by atoms with Gasteiger partial charge in [0.25, 0.3) is 0 Å². The van der Waals surface area contributed by atoms with Crippen molar-refractivity contribution >= 4 is 15.9 Å². The van der Waals surface area contributed by atoms with E-state index in [4.69, 9.17) is 5.26 Å². The lowest BCUT2D eigenvalue weighted by molar-refractivity contribution is 0.587. The summed E-state index contributed by atoms with van der Waals surface area (Å²) in [7, 11) is 0. The predicted molar refractivity (Wildman–Crippen MR) is 57.3 cm³/mol. The first-order chi connectivity index (χ1) is 6.15. The molecule has 0 saturated heterocycles. The Bertz CT molecular complexity index is 308. The van der Waals surface area contributed by atoms with E-state index in [1.165, 1.54) is 0 Å². The average molecular weight is 238 g/mol. The molecule has 0 amide bonds. The van der Waals surface area contributed by atoms with Gasteiger partial charge in [-0.1, -0.05) is 41.9 Å². The van der Waals surface area contributed by atoms with Gasteiger partial charge in [0.15, 0.2) is 0 Å². The fourth-order valence-electron chi connectivity index (χ4n) is 1.28. The van der Waals surface area contributed by atoms with Crippen LogP contribution in [-0.2, 0) is 0 Å². The first kappa shape index (κ1) is 10.3. The van der Waals surface area contributed by atoms with Crippen molar-refractivity contribution in [3.63, 3.8) is 0 Å². The van der Waals surface area contributed by atoms with Crippen LogP contribution in [0.4, 0.5) is 0 Å². The van der Waals surface area contributed by atoms with Crippen molar-refractivity contribution in [3.05, 3.63) is 34.3 Å². The summed E-state index contributed by atoms with van der Waals surface area (Å²) in [6.45, 7) is 4.13. The molecule has 0 aliphatic heterocycles. The van der Waals surface area contributed by atoms with Gasteiger partial charge in [0.2, 0.25) is 0 Å². The quantitative estimate of drug-likeness (QED) is 0.770. The fraction of sp³-hybridized carbons (Fsp3) is 0.364. The van der Waals surface area contributed by atoms with Crippen molar-refractivity contribution in [1.29, 1.82) is 5.26 Å². The maximum atomic E-state index is 8.96. The van der Waals surface area contributed by atoms with Crippen molar-refractivity contribution in [2.75, 3.05) is 0 Å². The van der Waals surface area contributed by atoms with Gasteiger partial charge in [-0.3, -0.25) is 0 Å². The van der Waals surface area contributed by atoms with Crippen LogP contribution in [0.1, 0.15) is 25.3 Å². The highest BCUT2D eigenvalue weighted by molar-refractivity contribution is 9.10. The molecule has 1 rings (SSSR count). The van der Waals surface area contributed by atoms with E-state index in [0.29, 0.717) is 5.92 Å². The van der Waals surface area contributed by atoms with Crippen LogP contribution in [0.25, 0.3) is 0 Å². The van der Waals surface area contributed by atoms with Gasteiger partial charge in [-0.15, -0.1) is 0 Å². The Morgan fingerprint density at radius 3 is 2.15 bits per heavy atom. The SMILES string of the molecule is CC(C)[C@H](C#N)c1ccc(Br)cc1. The first-order valence-electron chi connectivity index (χ1n) is 4.30. The lowest BCUT2D eigenvalue weighted by Crippen LogP contribution is -2.03. The second-order valence-corrected chi connectivity index (χ2v) is 4.32. The minimum Gasteiger partial charge on any atom is -0.198 e. The zero-order chi connectivity index (χ0) is 9.84. The Kier molecular flexibility index (Phi) is 3.50. The van der Waals surface area contributed by atoms with Crippen molar-refractivity contribution < 1.29 is 0 Å². The van der Waals surface area contributed by atoms with Crippen molar-refractivity contribution in [3.8, 4) is 6.07 Å². The highest BCUT2D eigenvalue weighted by Gasteiger charge is 2.13. The normalized spacial score (nSPS) is 12.5. The fourth-order valence-corrected chi connectivity index (χ4v) is 1.54. The molecule has 0 aromatic heterocycles. The van der Waals surface area contributed by atoms with E-state index in [2.05, 4.69) is 35.8 Å². The van der Waals surface area contributed by atoms with Crippen LogP contribution in [0, 0.1) is 17.2 Å². The molecule has 0 radical (unpaired) electrons. The van der Waals surface area contributed by atoms with Crippen molar-refractivity contribution in [2.45, 2.75) is 19.8 Å². The highest BCUT2D eigenvalue weighted by atomic mass is 79.9. The average Bonchev–Trinajstić information content (AvgIpc) is 2.09. The van der Waals surface area contributed by atoms with Crippen molar-refractivity contribution in [2.24, 2.45) is 5.92 Å². The topological polar surface area (TPSA) is 23.8 Å². The standard InChI is InChI=1S/C11H12BrN/c1-8(2)11(7-13)9-3-5-10(12)6-4-9/h3-6,8,11H,1-2H3/t11-/m0/s1. The van der Waals surface area contributed by atoms with Gasteiger partial charge in [0, 0.05) is 4.47 Å². The predicted octanol–water partition coefficient (Wildman–Crippen LogP) is 3.71. The Morgan fingerprint density at radius 1 is 1.23 bits per heavy atom. The van der Waals surface area contributed by atoms with Crippen LogP contribution in [0.2, 0.25) is 0 Å². The number of hydrogen-bond acceptors (Lipinski definition) is 1. The first-order valence-corrected chi connectivity index (χ1v) is 5.09. The van der Waals surface area contributed by atoms with E-state index in [-0.39, 0.29) is 5.92 Å². The molecule has 0 heterocycles. The molecule has 0 spiro atoms. The molecular weight excluding hydrogens is 226 g/mol. The Labute approximate surface area is 87.5 Å². The zero-order valence-corrected chi connectivity index (χ0v) is 9.38. The lowest BCUT2D eigenvalue weighted by atomic mass is 9.90. The number of rotatable bonds is 2. The molecule has 0 fully saturated rings. The third kappa shape index (κ3) is 2.57. The Hall–Kier alpha value is -0.810. The summed E-state index contributed by atoms with van der Waals surface area (Å²) >= 11 is 3.37. The van der Waals surface area contributed by atoms with Gasteiger partial charge < -0.3 is 0 Å². The second-order valence-electron chi connectivity index (χ2n) is 3.40. The molecule has 0 saturated carbocycles. The van der Waals surface area contributed by atoms with Crippen LogP contribution in [0.3, 0.4) is 0 Å². The summed E-state index contributed by atoms with van der Waals surface area (Å²) in [5, 5.41) is 8.96. The molecule has 1 nitrogen and oxygen atoms in total. The Balaban J connectivity index is 2.94. The molecule has 0 aliphatic carbocycles. The van der Waals surface area contributed by atoms with Crippen LogP contribution < -0.4 is 0 Å². The highest BCUT2D eigenvalue weighted by Crippen LogP contribution is 2.24. The number of benzene rings is 1. The molecule has 0 N–H and O–H groups in total. The van der Waals surface area contributed by atoms with Gasteiger partial charge in [-0.2, -0.15) is 5.26 Å². The number of halogens is 1. The number of nitriles is 1. The Morgan fingerprint density at radius 2 is 1.77 bits per heavy atom. The molecule has 1 aromatic carbocycles. The van der Waals surface area contributed by atoms with Gasteiger partial charge in [-0.05, 0) is 23.6 Å². The molecule has 13 heavy (non-hydrogen) atoms. The molecule has 68 valence electrons. The van der Waals surface area contributed by atoms with E-state index < -0.39 is 0 Å². The van der Waals surface area contributed by atoms with Gasteiger partial charge in [-0.25, -0.2) is 0 Å². The minimum atomic E-state index is 0.00750. The van der Waals surface area contributed by atoms with Crippen LogP contribution in [-0.4, -0.2) is 0 Å². The zero-order valence-electron chi connectivity index (χ0n) is 7.79. The summed E-state index contributed by atoms with van der Waals surface area (Å²) in [5.41, 5.74) is 1.10. The lowest BCUT2D eigenvalue weighted by Gasteiger charge is -2.12. The summed E-state index contributed by atoms with van der Waals surface area (Å²) in [6, 6.07) is 10.3. The maximum Gasteiger partial charge on any atom is 0.0735 e. The largest absolute Gasteiger partial charge is 0.198 e. The summed E-state index contributed by atoms with van der Waals surface area (Å²) < 4.78 is 1.05. The van der Waals surface area contributed by atoms with E-state index in [1.807, 2.05) is 24.3 Å². The summed E-state index contributed by atoms with van der Waals surface area (Å²) in [5.74, 6) is 0.374. The molecule has 0 aliphatic rings. The number of nitrogens with zero attached hydrogens (tertiary/aromatic N) is 1. The smallest absolute Gasteiger partial charge is 0.0735 e. The minimum absolute atomic E-state index is 0.00750. The van der Waals surface area contributed by atoms with Gasteiger partial charge in [0.05, 0.1) is 12.0 Å². The third-order valence-electron chi connectivity index (χ3n) is 2.03. The monoisotopic (exact) mass is 237 g/mol. The van der Waals surface area contributed by atoms with Gasteiger partial charge in [0.1, 0.15) is 0 Å². The van der Waals surface area contributed by atoms with E-state index in [0.717, 1.165) is 10.0 Å². The maximum absolute atomic E-state index is 8.96.